The van der Waals surface area contributed by atoms with E-state index < -0.39 is 4.92 Å². The van der Waals surface area contributed by atoms with E-state index in [0.717, 1.165) is 12.8 Å². The normalized spacial score (nSPS) is 16.1. The molecular formula is C10H15N5O4. The Labute approximate surface area is 109 Å². The molecule has 3 N–H and O–H groups in total. The number of hydrazine groups is 1. The predicted molar refractivity (Wildman–Crippen MR) is 65.5 cm³/mol. The van der Waals surface area contributed by atoms with E-state index in [1.807, 2.05) is 0 Å². The quantitative estimate of drug-likeness (QED) is 0.449. The van der Waals surface area contributed by atoms with Crippen molar-refractivity contribution in [2.45, 2.75) is 12.8 Å². The van der Waals surface area contributed by atoms with Crippen molar-refractivity contribution in [2.24, 2.45) is 11.8 Å². The Bertz CT molecular complexity index is 450. The van der Waals surface area contributed by atoms with Gasteiger partial charge in [0.25, 0.3) is 5.88 Å². The number of nitro groups is 1. The molecule has 0 amide bonds. The Morgan fingerprint density at radius 2 is 2.26 bits per heavy atom. The zero-order valence-electron chi connectivity index (χ0n) is 10.2. The standard InChI is InChI=1S/C10H15N5O4/c11-14-9-8(15(16)17)10(13-6-12-9)19-5-7-1-3-18-4-2-7/h6-7H,1-5,11H2,(H,12,13,14). The van der Waals surface area contributed by atoms with Crippen LogP contribution in [0, 0.1) is 16.0 Å². The molecule has 104 valence electrons. The molecule has 19 heavy (non-hydrogen) atoms. The van der Waals surface area contributed by atoms with Gasteiger partial charge in [0.2, 0.25) is 5.82 Å². The van der Waals surface area contributed by atoms with E-state index >= 15 is 0 Å². The third-order valence-corrected chi connectivity index (χ3v) is 2.90. The molecule has 0 bridgehead atoms. The Morgan fingerprint density at radius 3 is 2.89 bits per heavy atom. The number of hydrogen-bond donors (Lipinski definition) is 2. The van der Waals surface area contributed by atoms with Gasteiger partial charge in [-0.05, 0) is 18.8 Å². The summed E-state index contributed by atoms with van der Waals surface area (Å²) >= 11 is 0. The topological polar surface area (TPSA) is 125 Å². The second-order valence-electron chi connectivity index (χ2n) is 4.14. The minimum absolute atomic E-state index is 0.0676. The maximum atomic E-state index is 11.0. The molecule has 1 aromatic rings. The van der Waals surface area contributed by atoms with Crippen molar-refractivity contribution in [3.63, 3.8) is 0 Å². The highest BCUT2D eigenvalue weighted by atomic mass is 16.6. The molecule has 0 atom stereocenters. The Kier molecular flexibility index (Phi) is 4.42. The van der Waals surface area contributed by atoms with E-state index in [-0.39, 0.29) is 17.4 Å². The summed E-state index contributed by atoms with van der Waals surface area (Å²) in [6.45, 7) is 1.75. The van der Waals surface area contributed by atoms with Crippen molar-refractivity contribution in [3.8, 4) is 5.88 Å². The lowest BCUT2D eigenvalue weighted by molar-refractivity contribution is -0.385. The second kappa shape index (κ2) is 6.25. The fraction of sp³-hybridized carbons (Fsp3) is 0.600. The first-order valence-corrected chi connectivity index (χ1v) is 5.89. The van der Waals surface area contributed by atoms with Gasteiger partial charge in [-0.25, -0.2) is 10.8 Å². The van der Waals surface area contributed by atoms with E-state index in [0.29, 0.717) is 25.7 Å². The molecule has 0 unspecified atom stereocenters. The fourth-order valence-electron chi connectivity index (χ4n) is 1.85. The van der Waals surface area contributed by atoms with E-state index in [1.54, 1.807) is 0 Å². The average Bonchev–Trinajstić information content (AvgIpc) is 2.45. The number of nitrogens with two attached hydrogens (primary N) is 1. The van der Waals surface area contributed by atoms with Crippen molar-refractivity contribution in [2.75, 3.05) is 25.2 Å². The van der Waals surface area contributed by atoms with E-state index in [9.17, 15) is 10.1 Å². The molecule has 9 heteroatoms. The lowest BCUT2D eigenvalue weighted by Crippen LogP contribution is -2.22. The summed E-state index contributed by atoms with van der Waals surface area (Å²) in [7, 11) is 0. The third-order valence-electron chi connectivity index (χ3n) is 2.90. The summed E-state index contributed by atoms with van der Waals surface area (Å²) in [5, 5.41) is 11.0. The highest BCUT2D eigenvalue weighted by molar-refractivity contribution is 5.60. The van der Waals surface area contributed by atoms with E-state index in [4.69, 9.17) is 15.3 Å². The van der Waals surface area contributed by atoms with Gasteiger partial charge in [-0.3, -0.25) is 10.1 Å². The fourth-order valence-corrected chi connectivity index (χ4v) is 1.85. The predicted octanol–water partition coefficient (Wildman–Crippen LogP) is 0.476. The molecule has 2 heterocycles. The molecule has 1 aromatic heterocycles. The monoisotopic (exact) mass is 269 g/mol. The van der Waals surface area contributed by atoms with Crippen LogP contribution in [-0.4, -0.2) is 34.7 Å². The van der Waals surface area contributed by atoms with Gasteiger partial charge in [0.15, 0.2) is 0 Å². The first-order valence-electron chi connectivity index (χ1n) is 5.89. The minimum atomic E-state index is -0.617. The Hall–Kier alpha value is -2.00. The number of nitrogens with one attached hydrogen (secondary N) is 1. The molecule has 0 saturated carbocycles. The van der Waals surface area contributed by atoms with Gasteiger partial charge in [0.1, 0.15) is 6.33 Å². The van der Waals surface area contributed by atoms with E-state index in [2.05, 4.69) is 15.4 Å². The van der Waals surface area contributed by atoms with Crippen molar-refractivity contribution >= 4 is 11.5 Å². The van der Waals surface area contributed by atoms with Crippen LogP contribution in [0.4, 0.5) is 11.5 Å². The first-order chi connectivity index (χ1) is 9.22. The van der Waals surface area contributed by atoms with Crippen LogP contribution in [0.15, 0.2) is 6.33 Å². The maximum Gasteiger partial charge on any atom is 0.374 e. The molecule has 1 aliphatic heterocycles. The van der Waals surface area contributed by atoms with Crippen LogP contribution in [0.5, 0.6) is 5.88 Å². The van der Waals surface area contributed by atoms with Crippen LogP contribution in [0.2, 0.25) is 0 Å². The summed E-state index contributed by atoms with van der Waals surface area (Å²) in [5.74, 6) is 5.36. The largest absolute Gasteiger partial charge is 0.472 e. The molecule has 1 fully saturated rings. The molecule has 0 aliphatic carbocycles. The molecule has 0 aromatic carbocycles. The number of anilines is 1. The zero-order chi connectivity index (χ0) is 13.7. The number of rotatable bonds is 5. The van der Waals surface area contributed by atoms with Crippen molar-refractivity contribution in [1.29, 1.82) is 0 Å². The van der Waals surface area contributed by atoms with Gasteiger partial charge in [-0.2, -0.15) is 4.98 Å². The molecule has 0 radical (unpaired) electrons. The lowest BCUT2D eigenvalue weighted by atomic mass is 10.0. The van der Waals surface area contributed by atoms with Gasteiger partial charge in [0, 0.05) is 13.2 Å². The highest BCUT2D eigenvalue weighted by Gasteiger charge is 2.25. The zero-order valence-corrected chi connectivity index (χ0v) is 10.2. The molecule has 2 rings (SSSR count). The van der Waals surface area contributed by atoms with Gasteiger partial charge >= 0.3 is 5.69 Å². The van der Waals surface area contributed by atoms with Crippen LogP contribution in [0.1, 0.15) is 12.8 Å². The smallest absolute Gasteiger partial charge is 0.374 e. The summed E-state index contributed by atoms with van der Waals surface area (Å²) in [4.78, 5) is 17.8. The van der Waals surface area contributed by atoms with Gasteiger partial charge < -0.3 is 14.9 Å². The maximum absolute atomic E-state index is 11.0. The highest BCUT2D eigenvalue weighted by Crippen LogP contribution is 2.30. The number of nitrogen functional groups attached to an aromatic ring is 1. The summed E-state index contributed by atoms with van der Waals surface area (Å²) in [5.41, 5.74) is 1.81. The molecule has 1 aliphatic rings. The SMILES string of the molecule is NNc1ncnc(OCC2CCOCC2)c1[N+](=O)[O-]. The van der Waals surface area contributed by atoms with Crippen LogP contribution in [-0.2, 0) is 4.74 Å². The summed E-state index contributed by atoms with van der Waals surface area (Å²) < 4.78 is 10.7. The van der Waals surface area contributed by atoms with Gasteiger partial charge in [-0.1, -0.05) is 0 Å². The van der Waals surface area contributed by atoms with Gasteiger partial charge in [-0.15, -0.1) is 0 Å². The third kappa shape index (κ3) is 3.26. The van der Waals surface area contributed by atoms with Crippen molar-refractivity contribution in [1.82, 2.24) is 9.97 Å². The van der Waals surface area contributed by atoms with E-state index in [1.165, 1.54) is 6.33 Å². The molecule has 1 saturated heterocycles. The molecular weight excluding hydrogens is 254 g/mol. The van der Waals surface area contributed by atoms with Crippen LogP contribution in [0.25, 0.3) is 0 Å². The number of hydrogen-bond acceptors (Lipinski definition) is 8. The molecule has 9 nitrogen and oxygen atoms in total. The van der Waals surface area contributed by atoms with Crippen molar-refractivity contribution < 1.29 is 14.4 Å². The number of aromatic nitrogens is 2. The number of ether oxygens (including phenoxy) is 2. The Balaban J connectivity index is 2.08. The number of nitrogens with zero attached hydrogens (tertiary/aromatic N) is 3. The summed E-state index contributed by atoms with van der Waals surface area (Å²) in [6, 6.07) is 0. The van der Waals surface area contributed by atoms with Crippen LogP contribution < -0.4 is 16.0 Å². The minimum Gasteiger partial charge on any atom is -0.472 e. The molecule has 0 spiro atoms. The summed E-state index contributed by atoms with van der Waals surface area (Å²) in [6.07, 6.45) is 2.92. The van der Waals surface area contributed by atoms with Crippen LogP contribution in [0.3, 0.4) is 0 Å². The lowest BCUT2D eigenvalue weighted by Gasteiger charge is -2.21. The van der Waals surface area contributed by atoms with Gasteiger partial charge in [0.05, 0.1) is 11.5 Å². The first kappa shape index (κ1) is 13.4. The second-order valence-corrected chi connectivity index (χ2v) is 4.14. The van der Waals surface area contributed by atoms with Crippen molar-refractivity contribution in [3.05, 3.63) is 16.4 Å². The Morgan fingerprint density at radius 1 is 1.53 bits per heavy atom. The average molecular weight is 269 g/mol. The van der Waals surface area contributed by atoms with Crippen LogP contribution >= 0.6 is 0 Å².